The third kappa shape index (κ3) is 1.16. The summed E-state index contributed by atoms with van der Waals surface area (Å²) >= 11 is 5.78. The summed E-state index contributed by atoms with van der Waals surface area (Å²) in [4.78, 5) is 6.77. The van der Waals surface area contributed by atoms with Crippen LogP contribution in [0.5, 0.6) is 0 Å². The molecule has 2 heterocycles. The van der Waals surface area contributed by atoms with Gasteiger partial charge in [-0.3, -0.25) is 0 Å². The van der Waals surface area contributed by atoms with Gasteiger partial charge in [0.15, 0.2) is 5.15 Å². The zero-order valence-corrected chi connectivity index (χ0v) is 6.78. The highest BCUT2D eigenvalue weighted by Gasteiger charge is 2.05. The zero-order valence-electron chi connectivity index (χ0n) is 6.03. The second-order valence-electron chi connectivity index (χ2n) is 2.18. The molecule has 0 aliphatic rings. The van der Waals surface area contributed by atoms with Gasteiger partial charge in [0.2, 0.25) is 0 Å². The molecule has 0 saturated carbocycles. The Morgan fingerprint density at radius 3 is 3.00 bits per heavy atom. The van der Waals surface area contributed by atoms with E-state index in [2.05, 4.69) is 20.2 Å². The molecule has 0 radical (unpaired) electrons. The maximum atomic E-state index is 5.78. The molecule has 0 aromatic carbocycles. The van der Waals surface area contributed by atoms with E-state index in [-0.39, 0.29) is 0 Å². The van der Waals surface area contributed by atoms with E-state index in [4.69, 9.17) is 11.6 Å². The maximum absolute atomic E-state index is 5.78. The van der Waals surface area contributed by atoms with E-state index in [9.17, 15) is 0 Å². The highest BCUT2D eigenvalue weighted by Crippen LogP contribution is 2.19. The lowest BCUT2D eigenvalue weighted by Gasteiger charge is -1.95. The standard InChI is InChI=1S/C7H5ClN4/c8-7-6(12-11-4-10-7)5-2-1-3-9-5/h1-4,9H. The minimum absolute atomic E-state index is 0.354. The van der Waals surface area contributed by atoms with Gasteiger partial charge in [0.25, 0.3) is 0 Å². The topological polar surface area (TPSA) is 54.5 Å². The molecule has 0 bridgehead atoms. The minimum Gasteiger partial charge on any atom is -0.360 e. The third-order valence-electron chi connectivity index (χ3n) is 1.43. The Kier molecular flexibility index (Phi) is 1.75. The molecule has 0 unspecified atom stereocenters. The minimum atomic E-state index is 0.354. The van der Waals surface area contributed by atoms with Gasteiger partial charge < -0.3 is 4.98 Å². The number of halogens is 1. The summed E-state index contributed by atoms with van der Waals surface area (Å²) in [5, 5.41) is 7.84. The van der Waals surface area contributed by atoms with Crippen molar-refractivity contribution in [2.24, 2.45) is 0 Å². The van der Waals surface area contributed by atoms with Crippen LogP contribution in [0.4, 0.5) is 0 Å². The molecule has 12 heavy (non-hydrogen) atoms. The molecule has 0 atom stereocenters. The number of hydrogen-bond donors (Lipinski definition) is 1. The van der Waals surface area contributed by atoms with E-state index in [0.717, 1.165) is 5.69 Å². The number of nitrogens with one attached hydrogen (secondary N) is 1. The van der Waals surface area contributed by atoms with Crippen molar-refractivity contribution >= 4 is 11.6 Å². The Balaban J connectivity index is 2.55. The average molecular weight is 181 g/mol. The number of aromatic amines is 1. The molecule has 1 N–H and O–H groups in total. The van der Waals surface area contributed by atoms with Crippen molar-refractivity contribution in [3.05, 3.63) is 29.8 Å². The highest BCUT2D eigenvalue weighted by atomic mass is 35.5. The summed E-state index contributed by atoms with van der Waals surface area (Å²) in [6.07, 6.45) is 3.11. The van der Waals surface area contributed by atoms with E-state index in [1.165, 1.54) is 6.33 Å². The largest absolute Gasteiger partial charge is 0.360 e. The van der Waals surface area contributed by atoms with Crippen LogP contribution in [0, 0.1) is 0 Å². The van der Waals surface area contributed by atoms with Crippen LogP contribution in [0.1, 0.15) is 0 Å². The molecule has 2 aromatic heterocycles. The molecule has 4 nitrogen and oxygen atoms in total. The lowest BCUT2D eigenvalue weighted by Crippen LogP contribution is -1.90. The van der Waals surface area contributed by atoms with Gasteiger partial charge in [0.1, 0.15) is 12.0 Å². The normalized spacial score (nSPS) is 10.1. The van der Waals surface area contributed by atoms with Crippen LogP contribution < -0.4 is 0 Å². The van der Waals surface area contributed by atoms with Crippen molar-refractivity contribution < 1.29 is 0 Å². The molecule has 0 aliphatic carbocycles. The monoisotopic (exact) mass is 180 g/mol. The van der Waals surface area contributed by atoms with Crippen LogP contribution in [0.15, 0.2) is 24.7 Å². The first kappa shape index (κ1) is 7.24. The van der Waals surface area contributed by atoms with Gasteiger partial charge in [-0.2, -0.15) is 0 Å². The lowest BCUT2D eigenvalue weighted by atomic mass is 10.3. The smallest absolute Gasteiger partial charge is 0.160 e. The highest BCUT2D eigenvalue weighted by molar-refractivity contribution is 6.31. The Morgan fingerprint density at radius 1 is 1.42 bits per heavy atom. The van der Waals surface area contributed by atoms with Crippen LogP contribution >= 0.6 is 11.6 Å². The van der Waals surface area contributed by atoms with Crippen molar-refractivity contribution in [1.29, 1.82) is 0 Å². The van der Waals surface area contributed by atoms with Crippen LogP contribution in [0.3, 0.4) is 0 Å². The third-order valence-corrected chi connectivity index (χ3v) is 1.71. The Morgan fingerprint density at radius 2 is 2.33 bits per heavy atom. The van der Waals surface area contributed by atoms with E-state index in [1.54, 1.807) is 6.20 Å². The summed E-state index contributed by atoms with van der Waals surface area (Å²) in [6.45, 7) is 0. The molecule has 0 aliphatic heterocycles. The first-order chi connectivity index (χ1) is 5.88. The van der Waals surface area contributed by atoms with Gasteiger partial charge in [0, 0.05) is 6.20 Å². The fourth-order valence-corrected chi connectivity index (χ4v) is 1.09. The molecule has 0 amide bonds. The fourth-order valence-electron chi connectivity index (χ4n) is 0.905. The van der Waals surface area contributed by atoms with Gasteiger partial charge in [-0.25, -0.2) is 4.98 Å². The van der Waals surface area contributed by atoms with Crippen LogP contribution in [0.2, 0.25) is 5.15 Å². The van der Waals surface area contributed by atoms with Gasteiger partial charge in [-0.1, -0.05) is 11.6 Å². The second-order valence-corrected chi connectivity index (χ2v) is 2.54. The predicted octanol–water partition coefficient (Wildman–Crippen LogP) is 1.52. The Labute approximate surface area is 73.6 Å². The number of nitrogens with zero attached hydrogens (tertiary/aromatic N) is 3. The predicted molar refractivity (Wildman–Crippen MR) is 44.6 cm³/mol. The van der Waals surface area contributed by atoms with Gasteiger partial charge >= 0.3 is 0 Å². The number of aromatic nitrogens is 4. The molecule has 0 spiro atoms. The summed E-state index contributed by atoms with van der Waals surface area (Å²) < 4.78 is 0. The molecule has 0 saturated heterocycles. The Bertz CT molecular complexity index is 371. The van der Waals surface area contributed by atoms with E-state index in [0.29, 0.717) is 10.8 Å². The molecular formula is C7H5ClN4. The van der Waals surface area contributed by atoms with Crippen molar-refractivity contribution in [3.63, 3.8) is 0 Å². The molecule has 60 valence electrons. The summed E-state index contributed by atoms with van der Waals surface area (Å²) in [6, 6.07) is 3.72. The van der Waals surface area contributed by atoms with Crippen LogP contribution in [-0.2, 0) is 0 Å². The summed E-state index contributed by atoms with van der Waals surface area (Å²) in [5.74, 6) is 0. The van der Waals surface area contributed by atoms with Crippen molar-refractivity contribution in [2.75, 3.05) is 0 Å². The van der Waals surface area contributed by atoms with Crippen molar-refractivity contribution in [1.82, 2.24) is 20.2 Å². The SMILES string of the molecule is Clc1ncnnc1-c1ccc[nH]1. The van der Waals surface area contributed by atoms with Crippen molar-refractivity contribution in [3.8, 4) is 11.4 Å². The maximum Gasteiger partial charge on any atom is 0.160 e. The lowest BCUT2D eigenvalue weighted by molar-refractivity contribution is 0.972. The zero-order chi connectivity index (χ0) is 8.39. The second kappa shape index (κ2) is 2.91. The molecular weight excluding hydrogens is 176 g/mol. The fraction of sp³-hybridized carbons (Fsp3) is 0. The van der Waals surface area contributed by atoms with Crippen LogP contribution in [0.25, 0.3) is 11.4 Å². The van der Waals surface area contributed by atoms with E-state index >= 15 is 0 Å². The quantitative estimate of drug-likeness (QED) is 0.724. The first-order valence-corrected chi connectivity index (χ1v) is 3.72. The summed E-state index contributed by atoms with van der Waals surface area (Å²) in [7, 11) is 0. The van der Waals surface area contributed by atoms with Gasteiger partial charge in [-0.15, -0.1) is 10.2 Å². The number of hydrogen-bond acceptors (Lipinski definition) is 3. The molecule has 5 heteroatoms. The number of H-pyrrole nitrogens is 1. The first-order valence-electron chi connectivity index (χ1n) is 3.35. The van der Waals surface area contributed by atoms with Crippen molar-refractivity contribution in [2.45, 2.75) is 0 Å². The van der Waals surface area contributed by atoms with Gasteiger partial charge in [0.05, 0.1) is 5.69 Å². The van der Waals surface area contributed by atoms with Crippen LogP contribution in [-0.4, -0.2) is 20.2 Å². The van der Waals surface area contributed by atoms with E-state index < -0.39 is 0 Å². The van der Waals surface area contributed by atoms with Gasteiger partial charge in [-0.05, 0) is 12.1 Å². The Hall–Kier alpha value is -1.42. The summed E-state index contributed by atoms with van der Waals surface area (Å²) in [5.41, 5.74) is 1.39. The molecule has 2 aromatic rings. The average Bonchev–Trinajstić information content (AvgIpc) is 2.57. The molecule has 2 rings (SSSR count). The number of rotatable bonds is 1. The molecule has 0 fully saturated rings. The van der Waals surface area contributed by atoms with E-state index in [1.807, 2.05) is 12.1 Å².